The molecule has 0 aliphatic carbocycles. The number of halogens is 1. The first-order chi connectivity index (χ1) is 16.0. The molecule has 0 radical (unpaired) electrons. The molecule has 0 spiro atoms. The Balaban J connectivity index is 1.30. The predicted octanol–water partition coefficient (Wildman–Crippen LogP) is 3.25. The lowest BCUT2D eigenvalue weighted by Gasteiger charge is -2.35. The van der Waals surface area contributed by atoms with Gasteiger partial charge in [0.15, 0.2) is 0 Å². The number of hydrogen-bond donors (Lipinski definition) is 2. The van der Waals surface area contributed by atoms with Crippen LogP contribution < -0.4 is 15.5 Å². The fourth-order valence-corrected chi connectivity index (χ4v) is 4.35. The SMILES string of the molecule is C[C@H](C(=O)Nc1ccc(N2CCOCC2)cc1)N1CCC[C@@H](C(=O)Nc2ccc(Cl)cn2)C1. The van der Waals surface area contributed by atoms with Gasteiger partial charge in [-0.15, -0.1) is 0 Å². The molecule has 2 amide bonds. The monoisotopic (exact) mass is 471 g/mol. The molecule has 1 aromatic heterocycles. The molecular weight excluding hydrogens is 442 g/mol. The van der Waals surface area contributed by atoms with Crippen LogP contribution in [0.1, 0.15) is 19.8 Å². The predicted molar refractivity (Wildman–Crippen MR) is 130 cm³/mol. The normalized spacial score (nSPS) is 20.2. The van der Waals surface area contributed by atoms with E-state index in [4.69, 9.17) is 16.3 Å². The minimum absolute atomic E-state index is 0.0745. The molecule has 2 aliphatic heterocycles. The van der Waals surface area contributed by atoms with Crippen LogP contribution in [-0.4, -0.2) is 67.1 Å². The van der Waals surface area contributed by atoms with Gasteiger partial charge in [-0.05, 0) is 62.7 Å². The molecule has 4 rings (SSSR count). The van der Waals surface area contributed by atoms with Crippen molar-refractivity contribution in [3.63, 3.8) is 0 Å². The zero-order valence-electron chi connectivity index (χ0n) is 18.8. The van der Waals surface area contributed by atoms with Gasteiger partial charge in [-0.25, -0.2) is 4.98 Å². The van der Waals surface area contributed by atoms with E-state index in [1.54, 1.807) is 12.1 Å². The van der Waals surface area contributed by atoms with Gasteiger partial charge >= 0.3 is 0 Å². The van der Waals surface area contributed by atoms with Crippen LogP contribution in [0.15, 0.2) is 42.6 Å². The smallest absolute Gasteiger partial charge is 0.241 e. The third-order valence-corrected chi connectivity index (χ3v) is 6.46. The van der Waals surface area contributed by atoms with Crippen LogP contribution in [0.5, 0.6) is 0 Å². The lowest BCUT2D eigenvalue weighted by molar-refractivity contribution is -0.125. The van der Waals surface area contributed by atoms with Gasteiger partial charge in [0, 0.05) is 37.2 Å². The standard InChI is InChI=1S/C24H30ClN5O3/c1-17(23(31)27-20-5-7-21(8-6-20)29-11-13-33-14-12-29)30-10-2-3-18(16-30)24(32)28-22-9-4-19(25)15-26-22/h4-9,15,17-18H,2-3,10-14,16H2,1H3,(H,27,31)(H,26,28,32)/t17-,18-/m1/s1. The minimum Gasteiger partial charge on any atom is -0.378 e. The molecule has 176 valence electrons. The number of aromatic nitrogens is 1. The number of nitrogens with zero attached hydrogens (tertiary/aromatic N) is 3. The maximum absolute atomic E-state index is 12.9. The second kappa shape index (κ2) is 11.0. The fourth-order valence-electron chi connectivity index (χ4n) is 4.24. The van der Waals surface area contributed by atoms with Gasteiger partial charge in [0.05, 0.1) is 30.2 Å². The summed E-state index contributed by atoms with van der Waals surface area (Å²) in [5.74, 6) is 0.127. The van der Waals surface area contributed by atoms with Crippen molar-refractivity contribution in [1.29, 1.82) is 0 Å². The summed E-state index contributed by atoms with van der Waals surface area (Å²) >= 11 is 5.86. The summed E-state index contributed by atoms with van der Waals surface area (Å²) in [6.45, 7) is 6.43. The molecule has 2 saturated heterocycles. The zero-order chi connectivity index (χ0) is 23.2. The summed E-state index contributed by atoms with van der Waals surface area (Å²) in [5, 5.41) is 6.38. The topological polar surface area (TPSA) is 86.8 Å². The fraction of sp³-hybridized carbons (Fsp3) is 0.458. The number of ether oxygens (including phenoxy) is 1. The molecule has 2 atom stereocenters. The lowest BCUT2D eigenvalue weighted by Crippen LogP contribution is -2.49. The molecule has 9 heteroatoms. The highest BCUT2D eigenvalue weighted by Gasteiger charge is 2.31. The molecule has 2 N–H and O–H groups in total. The van der Waals surface area contributed by atoms with Gasteiger partial charge in [-0.2, -0.15) is 0 Å². The number of likely N-dealkylation sites (tertiary alicyclic amines) is 1. The Kier molecular flexibility index (Phi) is 7.80. The maximum atomic E-state index is 12.9. The Morgan fingerprint density at radius 3 is 2.55 bits per heavy atom. The van der Waals surface area contributed by atoms with Crippen molar-refractivity contribution in [3.05, 3.63) is 47.6 Å². The van der Waals surface area contributed by atoms with E-state index in [1.165, 1.54) is 6.20 Å². The van der Waals surface area contributed by atoms with Crippen molar-refractivity contribution < 1.29 is 14.3 Å². The van der Waals surface area contributed by atoms with Crippen LogP contribution in [0.3, 0.4) is 0 Å². The average Bonchev–Trinajstić information content (AvgIpc) is 2.86. The van der Waals surface area contributed by atoms with E-state index in [1.807, 2.05) is 31.2 Å². The first-order valence-electron chi connectivity index (χ1n) is 11.4. The number of carbonyl (C=O) groups excluding carboxylic acids is 2. The summed E-state index contributed by atoms with van der Waals surface area (Å²) in [4.78, 5) is 34.1. The Morgan fingerprint density at radius 1 is 1.09 bits per heavy atom. The highest BCUT2D eigenvalue weighted by molar-refractivity contribution is 6.30. The number of benzene rings is 1. The number of morpholine rings is 1. The second-order valence-electron chi connectivity index (χ2n) is 8.50. The number of pyridine rings is 1. The number of amides is 2. The van der Waals surface area contributed by atoms with E-state index in [9.17, 15) is 9.59 Å². The van der Waals surface area contributed by atoms with E-state index in [0.717, 1.165) is 57.1 Å². The molecule has 0 saturated carbocycles. The Morgan fingerprint density at radius 2 is 1.85 bits per heavy atom. The molecule has 1 aromatic carbocycles. The lowest BCUT2D eigenvalue weighted by atomic mass is 9.96. The average molecular weight is 472 g/mol. The van der Waals surface area contributed by atoms with Crippen LogP contribution in [-0.2, 0) is 14.3 Å². The number of anilines is 3. The van der Waals surface area contributed by atoms with Crippen molar-refractivity contribution in [2.45, 2.75) is 25.8 Å². The highest BCUT2D eigenvalue weighted by atomic mass is 35.5. The largest absolute Gasteiger partial charge is 0.378 e. The van der Waals surface area contributed by atoms with Gasteiger partial charge in [-0.3, -0.25) is 14.5 Å². The van der Waals surface area contributed by atoms with E-state index < -0.39 is 0 Å². The zero-order valence-corrected chi connectivity index (χ0v) is 19.6. The summed E-state index contributed by atoms with van der Waals surface area (Å²) in [5.41, 5.74) is 1.90. The Bertz CT molecular complexity index is 948. The molecule has 33 heavy (non-hydrogen) atoms. The Labute approximate surface area is 199 Å². The number of nitrogens with one attached hydrogen (secondary N) is 2. The van der Waals surface area contributed by atoms with Gasteiger partial charge in [0.25, 0.3) is 0 Å². The number of carbonyl (C=O) groups is 2. The van der Waals surface area contributed by atoms with Crippen LogP contribution >= 0.6 is 11.6 Å². The summed E-state index contributed by atoms with van der Waals surface area (Å²) in [6, 6.07) is 10.9. The van der Waals surface area contributed by atoms with Crippen molar-refractivity contribution in [2.75, 3.05) is 54.9 Å². The van der Waals surface area contributed by atoms with Crippen molar-refractivity contribution in [1.82, 2.24) is 9.88 Å². The van der Waals surface area contributed by atoms with Gasteiger partial charge in [0.1, 0.15) is 5.82 Å². The van der Waals surface area contributed by atoms with E-state index >= 15 is 0 Å². The molecule has 8 nitrogen and oxygen atoms in total. The van der Waals surface area contributed by atoms with Gasteiger partial charge in [-0.1, -0.05) is 11.6 Å². The van der Waals surface area contributed by atoms with Crippen LogP contribution in [0.25, 0.3) is 0 Å². The number of rotatable bonds is 6. The first kappa shape index (κ1) is 23.5. The second-order valence-corrected chi connectivity index (χ2v) is 8.93. The minimum atomic E-state index is -0.340. The number of piperidine rings is 1. The van der Waals surface area contributed by atoms with Crippen molar-refractivity contribution in [2.24, 2.45) is 5.92 Å². The van der Waals surface area contributed by atoms with E-state index in [-0.39, 0.29) is 23.8 Å². The van der Waals surface area contributed by atoms with E-state index in [0.29, 0.717) is 17.4 Å². The number of hydrogen-bond acceptors (Lipinski definition) is 6. The first-order valence-corrected chi connectivity index (χ1v) is 11.8. The molecule has 3 heterocycles. The van der Waals surface area contributed by atoms with Gasteiger partial charge in [0.2, 0.25) is 11.8 Å². The third kappa shape index (κ3) is 6.22. The summed E-state index contributed by atoms with van der Waals surface area (Å²) < 4.78 is 5.40. The Hall–Kier alpha value is -2.68. The van der Waals surface area contributed by atoms with Crippen LogP contribution in [0.2, 0.25) is 5.02 Å². The molecule has 2 aromatic rings. The quantitative estimate of drug-likeness (QED) is 0.672. The van der Waals surface area contributed by atoms with Crippen molar-refractivity contribution in [3.8, 4) is 0 Å². The van der Waals surface area contributed by atoms with Crippen molar-refractivity contribution >= 4 is 40.6 Å². The molecule has 2 aliphatic rings. The highest BCUT2D eigenvalue weighted by Crippen LogP contribution is 2.22. The van der Waals surface area contributed by atoms with Crippen LogP contribution in [0.4, 0.5) is 17.2 Å². The van der Waals surface area contributed by atoms with Crippen LogP contribution in [0, 0.1) is 5.92 Å². The molecule has 2 fully saturated rings. The third-order valence-electron chi connectivity index (χ3n) is 6.24. The molecule has 0 unspecified atom stereocenters. The summed E-state index contributed by atoms with van der Waals surface area (Å²) in [7, 11) is 0. The summed E-state index contributed by atoms with van der Waals surface area (Å²) in [6.07, 6.45) is 3.15. The van der Waals surface area contributed by atoms with E-state index in [2.05, 4.69) is 25.4 Å². The molecular formula is C24H30ClN5O3. The molecule has 0 bridgehead atoms. The van der Waals surface area contributed by atoms with Gasteiger partial charge < -0.3 is 20.3 Å². The maximum Gasteiger partial charge on any atom is 0.241 e.